The van der Waals surface area contributed by atoms with Crippen LogP contribution in [0.2, 0.25) is 0 Å². The minimum absolute atomic E-state index is 0.0585. The van der Waals surface area contributed by atoms with Gasteiger partial charge in [-0.2, -0.15) is 0 Å². The van der Waals surface area contributed by atoms with Gasteiger partial charge in [0.25, 0.3) is 11.8 Å². The lowest BCUT2D eigenvalue weighted by molar-refractivity contribution is -0.142. The number of rotatable bonds is 6. The molecule has 3 rings (SSSR count). The molecule has 148 valence electrons. The second-order valence-electron chi connectivity index (χ2n) is 6.38. The van der Waals surface area contributed by atoms with E-state index in [4.69, 9.17) is 14.2 Å². The Kier molecular flexibility index (Phi) is 6.49. The van der Waals surface area contributed by atoms with E-state index in [9.17, 15) is 9.59 Å². The summed E-state index contributed by atoms with van der Waals surface area (Å²) in [6.45, 7) is 4.01. The van der Waals surface area contributed by atoms with Crippen molar-refractivity contribution in [2.45, 2.75) is 13.0 Å². The Hall–Kier alpha value is -3.06. The van der Waals surface area contributed by atoms with Gasteiger partial charge >= 0.3 is 0 Å². The van der Waals surface area contributed by atoms with Crippen LogP contribution >= 0.6 is 0 Å². The van der Waals surface area contributed by atoms with E-state index in [0.717, 1.165) is 0 Å². The van der Waals surface area contributed by atoms with Crippen LogP contribution in [0.1, 0.15) is 17.3 Å². The Morgan fingerprint density at radius 1 is 1.07 bits per heavy atom. The molecule has 1 atom stereocenters. The fourth-order valence-corrected chi connectivity index (χ4v) is 2.94. The standard InChI is InChI=1S/C21H24N2O5/c1-15(21(25)23-11-13-27-14-12-23)28-17-9-7-16(8-10-17)22-20(24)18-5-3-4-6-19(18)26-2/h3-10,15H,11-14H2,1-2H3,(H,22,24)/t15-/m0/s1. The number of para-hydroxylation sites is 1. The fourth-order valence-electron chi connectivity index (χ4n) is 2.94. The Morgan fingerprint density at radius 3 is 2.43 bits per heavy atom. The van der Waals surface area contributed by atoms with Crippen LogP contribution in [-0.2, 0) is 9.53 Å². The zero-order chi connectivity index (χ0) is 19.9. The molecular weight excluding hydrogens is 360 g/mol. The summed E-state index contributed by atoms with van der Waals surface area (Å²) < 4.78 is 16.2. The minimum atomic E-state index is -0.591. The van der Waals surface area contributed by atoms with Crippen LogP contribution in [0.25, 0.3) is 0 Å². The molecular formula is C21H24N2O5. The molecule has 1 aliphatic rings. The summed E-state index contributed by atoms with van der Waals surface area (Å²) in [7, 11) is 1.53. The van der Waals surface area contributed by atoms with Crippen molar-refractivity contribution < 1.29 is 23.8 Å². The van der Waals surface area contributed by atoms with E-state index in [1.165, 1.54) is 7.11 Å². The smallest absolute Gasteiger partial charge is 0.263 e. The van der Waals surface area contributed by atoms with Gasteiger partial charge in [0.05, 0.1) is 25.9 Å². The van der Waals surface area contributed by atoms with Crippen molar-refractivity contribution in [3.05, 3.63) is 54.1 Å². The topological polar surface area (TPSA) is 77.1 Å². The number of hydrogen-bond donors (Lipinski definition) is 1. The maximum absolute atomic E-state index is 12.4. The largest absolute Gasteiger partial charge is 0.496 e. The van der Waals surface area contributed by atoms with Crippen molar-refractivity contribution in [2.75, 3.05) is 38.7 Å². The lowest BCUT2D eigenvalue weighted by Crippen LogP contribution is -2.46. The van der Waals surface area contributed by atoms with Crippen molar-refractivity contribution in [1.29, 1.82) is 0 Å². The van der Waals surface area contributed by atoms with Crippen LogP contribution in [-0.4, -0.2) is 56.2 Å². The highest BCUT2D eigenvalue weighted by atomic mass is 16.5. The first kappa shape index (κ1) is 19.7. The third kappa shape index (κ3) is 4.80. The number of nitrogens with one attached hydrogen (secondary N) is 1. The maximum atomic E-state index is 12.4. The third-order valence-electron chi connectivity index (χ3n) is 4.45. The molecule has 0 spiro atoms. The van der Waals surface area contributed by atoms with Gasteiger partial charge in [-0.25, -0.2) is 0 Å². The van der Waals surface area contributed by atoms with Crippen LogP contribution < -0.4 is 14.8 Å². The van der Waals surface area contributed by atoms with E-state index < -0.39 is 6.10 Å². The van der Waals surface area contributed by atoms with Gasteiger partial charge in [-0.3, -0.25) is 9.59 Å². The van der Waals surface area contributed by atoms with E-state index in [-0.39, 0.29) is 11.8 Å². The van der Waals surface area contributed by atoms with Gasteiger partial charge in [-0.15, -0.1) is 0 Å². The van der Waals surface area contributed by atoms with Crippen molar-refractivity contribution in [2.24, 2.45) is 0 Å². The number of carbonyl (C=O) groups is 2. The summed E-state index contributed by atoms with van der Waals surface area (Å²) >= 11 is 0. The number of ether oxygens (including phenoxy) is 3. The molecule has 7 nitrogen and oxygen atoms in total. The first-order valence-corrected chi connectivity index (χ1v) is 9.16. The average Bonchev–Trinajstić information content (AvgIpc) is 2.75. The van der Waals surface area contributed by atoms with Gasteiger partial charge in [-0.05, 0) is 43.3 Å². The number of carbonyl (C=O) groups excluding carboxylic acids is 2. The molecule has 2 aromatic carbocycles. The van der Waals surface area contributed by atoms with Gasteiger partial charge in [0, 0.05) is 18.8 Å². The first-order valence-electron chi connectivity index (χ1n) is 9.16. The molecule has 0 aromatic heterocycles. The second-order valence-corrected chi connectivity index (χ2v) is 6.38. The summed E-state index contributed by atoms with van der Waals surface area (Å²) in [4.78, 5) is 26.6. The number of anilines is 1. The van der Waals surface area contributed by atoms with E-state index in [1.807, 2.05) is 0 Å². The highest BCUT2D eigenvalue weighted by molar-refractivity contribution is 6.06. The SMILES string of the molecule is COc1ccccc1C(=O)Nc1ccc(O[C@@H](C)C(=O)N2CCOCC2)cc1. The average molecular weight is 384 g/mol. The zero-order valence-electron chi connectivity index (χ0n) is 16.0. The Morgan fingerprint density at radius 2 is 1.75 bits per heavy atom. The predicted molar refractivity (Wildman–Crippen MR) is 105 cm³/mol. The van der Waals surface area contributed by atoms with Gasteiger partial charge in [0.2, 0.25) is 0 Å². The molecule has 0 bridgehead atoms. The Bertz CT molecular complexity index is 816. The van der Waals surface area contributed by atoms with Crippen LogP contribution in [0, 0.1) is 0 Å². The molecule has 1 fully saturated rings. The molecule has 0 unspecified atom stereocenters. The number of hydrogen-bond acceptors (Lipinski definition) is 5. The van der Waals surface area contributed by atoms with Crippen molar-refractivity contribution in [3.63, 3.8) is 0 Å². The molecule has 28 heavy (non-hydrogen) atoms. The molecule has 1 saturated heterocycles. The molecule has 0 saturated carbocycles. The van der Waals surface area contributed by atoms with E-state index >= 15 is 0 Å². The van der Waals surface area contributed by atoms with Gasteiger partial charge < -0.3 is 24.4 Å². The second kappa shape index (κ2) is 9.23. The van der Waals surface area contributed by atoms with Crippen molar-refractivity contribution in [3.8, 4) is 11.5 Å². The van der Waals surface area contributed by atoms with Crippen LogP contribution in [0.15, 0.2) is 48.5 Å². The van der Waals surface area contributed by atoms with E-state index in [2.05, 4.69) is 5.32 Å². The fraction of sp³-hybridized carbons (Fsp3) is 0.333. The third-order valence-corrected chi connectivity index (χ3v) is 4.45. The maximum Gasteiger partial charge on any atom is 0.263 e. The van der Waals surface area contributed by atoms with Crippen LogP contribution in [0.3, 0.4) is 0 Å². The van der Waals surface area contributed by atoms with Crippen molar-refractivity contribution in [1.82, 2.24) is 4.90 Å². The zero-order valence-corrected chi connectivity index (χ0v) is 16.0. The monoisotopic (exact) mass is 384 g/mol. The highest BCUT2D eigenvalue weighted by Gasteiger charge is 2.23. The number of methoxy groups -OCH3 is 1. The number of morpholine rings is 1. The summed E-state index contributed by atoms with van der Waals surface area (Å²) in [6.07, 6.45) is -0.591. The molecule has 0 aliphatic carbocycles. The minimum Gasteiger partial charge on any atom is -0.496 e. The molecule has 7 heteroatoms. The first-order chi connectivity index (χ1) is 13.6. The van der Waals surface area contributed by atoms with E-state index in [1.54, 1.807) is 60.4 Å². The molecule has 2 amide bonds. The Labute approximate surface area is 164 Å². The highest BCUT2D eigenvalue weighted by Crippen LogP contribution is 2.21. The van der Waals surface area contributed by atoms with Gasteiger partial charge in [-0.1, -0.05) is 12.1 Å². The lowest BCUT2D eigenvalue weighted by Gasteiger charge is -2.29. The predicted octanol–water partition coefficient (Wildman–Crippen LogP) is 2.57. The normalized spacial score (nSPS) is 14.9. The number of amides is 2. The number of nitrogens with zero attached hydrogens (tertiary/aromatic N) is 1. The van der Waals surface area contributed by atoms with E-state index in [0.29, 0.717) is 49.1 Å². The molecule has 1 aliphatic heterocycles. The summed E-state index contributed by atoms with van der Waals surface area (Å²) in [6, 6.07) is 13.9. The number of benzene rings is 2. The molecule has 1 heterocycles. The molecule has 1 N–H and O–H groups in total. The lowest BCUT2D eigenvalue weighted by atomic mass is 10.2. The van der Waals surface area contributed by atoms with Crippen molar-refractivity contribution >= 4 is 17.5 Å². The Balaban J connectivity index is 1.58. The van der Waals surface area contributed by atoms with Gasteiger partial charge in [0.1, 0.15) is 11.5 Å². The molecule has 2 aromatic rings. The molecule has 0 radical (unpaired) electrons. The van der Waals surface area contributed by atoms with Crippen LogP contribution in [0.5, 0.6) is 11.5 Å². The summed E-state index contributed by atoms with van der Waals surface area (Å²) in [5.41, 5.74) is 1.07. The van der Waals surface area contributed by atoms with Gasteiger partial charge in [0.15, 0.2) is 6.10 Å². The quantitative estimate of drug-likeness (QED) is 0.828. The summed E-state index contributed by atoms with van der Waals surface area (Å²) in [5.74, 6) is 0.749. The summed E-state index contributed by atoms with van der Waals surface area (Å²) in [5, 5.41) is 2.82. The van der Waals surface area contributed by atoms with Crippen LogP contribution in [0.4, 0.5) is 5.69 Å².